The molecule has 0 saturated heterocycles. The zero-order chi connectivity index (χ0) is 11.5. The van der Waals surface area contributed by atoms with Gasteiger partial charge in [-0.15, -0.1) is 0 Å². The predicted octanol–water partition coefficient (Wildman–Crippen LogP) is 2.50. The Morgan fingerprint density at radius 3 is 2.94 bits per heavy atom. The third-order valence-electron chi connectivity index (χ3n) is 2.68. The van der Waals surface area contributed by atoms with Crippen LogP contribution in [0.1, 0.15) is 12.5 Å². The van der Waals surface area contributed by atoms with E-state index in [4.69, 9.17) is 5.11 Å². The minimum absolute atomic E-state index is 0.370. The van der Waals surface area contributed by atoms with Crippen LogP contribution in [0.3, 0.4) is 0 Å². The number of pyridine rings is 1. The van der Waals surface area contributed by atoms with Crippen LogP contribution in [0.2, 0.25) is 0 Å². The van der Waals surface area contributed by atoms with E-state index in [9.17, 15) is 4.79 Å². The van der Waals surface area contributed by atoms with Gasteiger partial charge in [0.2, 0.25) is 0 Å². The van der Waals surface area contributed by atoms with Crippen molar-refractivity contribution in [2.24, 2.45) is 5.92 Å². The maximum absolute atomic E-state index is 10.8. The topological polar surface area (TPSA) is 50.2 Å². The van der Waals surface area contributed by atoms with E-state index in [2.05, 4.69) is 4.98 Å². The number of hydrogen-bond donors (Lipinski definition) is 1. The fraction of sp³-hybridized carbons (Fsp3) is 0.231. The molecule has 0 bridgehead atoms. The van der Waals surface area contributed by atoms with E-state index in [0.29, 0.717) is 6.42 Å². The molecular formula is C13H13NO2. The third kappa shape index (κ3) is 2.03. The Hall–Kier alpha value is -1.90. The number of fused-ring (bicyclic) bond motifs is 1. The van der Waals surface area contributed by atoms with Crippen molar-refractivity contribution in [1.82, 2.24) is 4.98 Å². The lowest BCUT2D eigenvalue weighted by molar-refractivity contribution is -0.141. The highest BCUT2D eigenvalue weighted by atomic mass is 16.4. The van der Waals surface area contributed by atoms with Gasteiger partial charge in [0.1, 0.15) is 0 Å². The summed E-state index contributed by atoms with van der Waals surface area (Å²) in [5.41, 5.74) is 1.96. The summed E-state index contributed by atoms with van der Waals surface area (Å²) in [7, 11) is 0. The quantitative estimate of drug-likeness (QED) is 0.855. The lowest BCUT2D eigenvalue weighted by atomic mass is 9.98. The van der Waals surface area contributed by atoms with E-state index in [-0.39, 0.29) is 5.92 Å². The lowest BCUT2D eigenvalue weighted by Gasteiger charge is -2.08. The average Bonchev–Trinajstić information content (AvgIpc) is 2.29. The molecule has 0 aliphatic rings. The molecule has 0 amide bonds. The maximum Gasteiger partial charge on any atom is 0.306 e. The smallest absolute Gasteiger partial charge is 0.306 e. The molecule has 0 fully saturated rings. The molecule has 3 nitrogen and oxygen atoms in total. The summed E-state index contributed by atoms with van der Waals surface area (Å²) in [5, 5.41) is 9.94. The second-order valence-electron chi connectivity index (χ2n) is 3.93. The molecule has 0 spiro atoms. The van der Waals surface area contributed by atoms with Crippen molar-refractivity contribution < 1.29 is 9.90 Å². The van der Waals surface area contributed by atoms with Crippen LogP contribution >= 0.6 is 0 Å². The lowest BCUT2D eigenvalue weighted by Crippen LogP contribution is -2.12. The fourth-order valence-corrected chi connectivity index (χ4v) is 1.76. The SMILES string of the molecule is CC(Cc1cccc2ncccc12)C(=O)O. The molecule has 1 unspecified atom stereocenters. The maximum atomic E-state index is 10.8. The molecule has 0 aliphatic heterocycles. The number of aromatic nitrogens is 1. The first-order valence-corrected chi connectivity index (χ1v) is 5.24. The van der Waals surface area contributed by atoms with Crippen LogP contribution in [0.15, 0.2) is 36.5 Å². The van der Waals surface area contributed by atoms with Crippen LogP contribution in [-0.4, -0.2) is 16.1 Å². The highest BCUT2D eigenvalue weighted by Crippen LogP contribution is 2.19. The van der Waals surface area contributed by atoms with Crippen LogP contribution in [0, 0.1) is 5.92 Å². The molecule has 1 aromatic carbocycles. The highest BCUT2D eigenvalue weighted by Gasteiger charge is 2.13. The Balaban J connectivity index is 2.41. The van der Waals surface area contributed by atoms with Gasteiger partial charge in [-0.2, -0.15) is 0 Å². The third-order valence-corrected chi connectivity index (χ3v) is 2.68. The Labute approximate surface area is 93.7 Å². The van der Waals surface area contributed by atoms with Gasteiger partial charge in [0.25, 0.3) is 0 Å². The molecule has 1 atom stereocenters. The predicted molar refractivity (Wildman–Crippen MR) is 62.2 cm³/mol. The molecule has 3 heteroatoms. The van der Waals surface area contributed by atoms with Crippen molar-refractivity contribution in [3.63, 3.8) is 0 Å². The Bertz CT molecular complexity index is 517. The van der Waals surface area contributed by atoms with Crippen molar-refractivity contribution in [2.45, 2.75) is 13.3 Å². The highest BCUT2D eigenvalue weighted by molar-refractivity contribution is 5.82. The first-order valence-electron chi connectivity index (χ1n) is 5.24. The number of nitrogens with zero attached hydrogens (tertiary/aromatic N) is 1. The molecule has 0 radical (unpaired) electrons. The van der Waals surface area contributed by atoms with Gasteiger partial charge >= 0.3 is 5.97 Å². The molecule has 2 rings (SSSR count). The van der Waals surface area contributed by atoms with Crippen molar-refractivity contribution in [1.29, 1.82) is 0 Å². The monoisotopic (exact) mass is 215 g/mol. The first-order chi connectivity index (χ1) is 7.68. The normalized spacial score (nSPS) is 12.6. The number of rotatable bonds is 3. The van der Waals surface area contributed by atoms with Gasteiger partial charge in [-0.25, -0.2) is 0 Å². The number of benzene rings is 1. The minimum Gasteiger partial charge on any atom is -0.481 e. The zero-order valence-electron chi connectivity index (χ0n) is 9.05. The summed E-state index contributed by atoms with van der Waals surface area (Å²) in [6.45, 7) is 1.72. The van der Waals surface area contributed by atoms with E-state index in [1.165, 1.54) is 0 Å². The van der Waals surface area contributed by atoms with Crippen LogP contribution < -0.4 is 0 Å². The Kier molecular flexibility index (Phi) is 2.86. The summed E-state index contributed by atoms with van der Waals surface area (Å²) in [6.07, 6.45) is 2.28. The van der Waals surface area contributed by atoms with Gasteiger partial charge in [-0.05, 0) is 24.1 Å². The second kappa shape index (κ2) is 4.31. The van der Waals surface area contributed by atoms with Gasteiger partial charge in [0, 0.05) is 11.6 Å². The van der Waals surface area contributed by atoms with Crippen LogP contribution in [0.25, 0.3) is 10.9 Å². The largest absolute Gasteiger partial charge is 0.481 e. The van der Waals surface area contributed by atoms with Crippen LogP contribution in [0.4, 0.5) is 0 Å². The van der Waals surface area contributed by atoms with Crippen molar-refractivity contribution in [2.75, 3.05) is 0 Å². The summed E-state index contributed by atoms with van der Waals surface area (Å²) < 4.78 is 0. The van der Waals surface area contributed by atoms with E-state index in [1.807, 2.05) is 30.3 Å². The van der Waals surface area contributed by atoms with Crippen LogP contribution in [-0.2, 0) is 11.2 Å². The van der Waals surface area contributed by atoms with E-state index < -0.39 is 5.97 Å². The first kappa shape index (κ1) is 10.6. The number of carboxylic acid groups (broad SMARTS) is 1. The van der Waals surface area contributed by atoms with Crippen LogP contribution in [0.5, 0.6) is 0 Å². The molecule has 82 valence electrons. The molecular weight excluding hydrogens is 202 g/mol. The molecule has 2 aromatic rings. The molecule has 0 aliphatic carbocycles. The van der Waals surface area contributed by atoms with Gasteiger partial charge in [-0.1, -0.05) is 25.1 Å². The summed E-state index contributed by atoms with van der Waals surface area (Å²) >= 11 is 0. The van der Waals surface area contributed by atoms with Gasteiger partial charge in [-0.3, -0.25) is 9.78 Å². The standard InChI is InChI=1S/C13H13NO2/c1-9(13(15)16)8-10-4-2-6-12-11(10)5-3-7-14-12/h2-7,9H,8H2,1H3,(H,15,16). The Morgan fingerprint density at radius 1 is 1.38 bits per heavy atom. The van der Waals surface area contributed by atoms with Gasteiger partial charge in [0.05, 0.1) is 11.4 Å². The molecule has 1 heterocycles. The summed E-state index contributed by atoms with van der Waals surface area (Å²) in [6, 6.07) is 9.66. The number of carbonyl (C=O) groups is 1. The summed E-state index contributed by atoms with van der Waals surface area (Å²) in [5.74, 6) is -1.13. The molecule has 16 heavy (non-hydrogen) atoms. The van der Waals surface area contributed by atoms with Crippen molar-refractivity contribution >= 4 is 16.9 Å². The minimum atomic E-state index is -0.763. The molecule has 1 aromatic heterocycles. The van der Waals surface area contributed by atoms with E-state index >= 15 is 0 Å². The van der Waals surface area contributed by atoms with Crippen molar-refractivity contribution in [3.8, 4) is 0 Å². The average molecular weight is 215 g/mol. The van der Waals surface area contributed by atoms with Gasteiger partial charge < -0.3 is 5.11 Å². The zero-order valence-corrected chi connectivity index (χ0v) is 9.05. The van der Waals surface area contributed by atoms with Gasteiger partial charge in [0.15, 0.2) is 0 Å². The van der Waals surface area contributed by atoms with E-state index in [1.54, 1.807) is 13.1 Å². The molecule has 1 N–H and O–H groups in total. The fourth-order valence-electron chi connectivity index (χ4n) is 1.76. The number of aliphatic carboxylic acids is 1. The summed E-state index contributed by atoms with van der Waals surface area (Å²) in [4.78, 5) is 15.1. The number of hydrogen-bond acceptors (Lipinski definition) is 2. The molecule has 0 saturated carbocycles. The van der Waals surface area contributed by atoms with E-state index in [0.717, 1.165) is 16.5 Å². The Morgan fingerprint density at radius 2 is 2.19 bits per heavy atom. The number of carboxylic acids is 1. The second-order valence-corrected chi connectivity index (χ2v) is 3.93. The van der Waals surface area contributed by atoms with Crippen molar-refractivity contribution in [3.05, 3.63) is 42.1 Å².